The van der Waals surface area contributed by atoms with Gasteiger partial charge < -0.3 is 14.2 Å². The van der Waals surface area contributed by atoms with Crippen molar-refractivity contribution >= 4 is 17.9 Å². The third-order valence-electron chi connectivity index (χ3n) is 11.9. The van der Waals surface area contributed by atoms with Gasteiger partial charge in [-0.3, -0.25) is 14.4 Å². The van der Waals surface area contributed by atoms with Crippen LogP contribution in [0.5, 0.6) is 0 Å². The molecule has 0 saturated carbocycles. The van der Waals surface area contributed by atoms with E-state index in [1.54, 1.807) is 0 Å². The Morgan fingerprint density at radius 2 is 0.545 bits per heavy atom. The van der Waals surface area contributed by atoms with Gasteiger partial charge in [0.25, 0.3) is 0 Å². The molecule has 0 saturated heterocycles. The topological polar surface area (TPSA) is 78.9 Å². The summed E-state index contributed by atoms with van der Waals surface area (Å²) in [5, 5.41) is 0. The monoisotopic (exact) mass is 921 g/mol. The van der Waals surface area contributed by atoms with Crippen LogP contribution in [0.15, 0.2) is 72.9 Å². The molecule has 0 aliphatic heterocycles. The molecule has 6 nitrogen and oxygen atoms in total. The largest absolute Gasteiger partial charge is 0.462 e. The first kappa shape index (κ1) is 62.8. The van der Waals surface area contributed by atoms with Crippen molar-refractivity contribution in [1.82, 2.24) is 0 Å². The normalized spacial score (nSPS) is 12.6. The fraction of sp³-hybridized carbons (Fsp3) is 0.750. The van der Waals surface area contributed by atoms with Gasteiger partial charge in [0, 0.05) is 19.3 Å². The number of carbonyl (C=O) groups excluding carboxylic acids is 3. The van der Waals surface area contributed by atoms with Crippen LogP contribution in [0.3, 0.4) is 0 Å². The van der Waals surface area contributed by atoms with Crippen LogP contribution < -0.4 is 0 Å². The van der Waals surface area contributed by atoms with E-state index < -0.39 is 6.10 Å². The maximum Gasteiger partial charge on any atom is 0.306 e. The van der Waals surface area contributed by atoms with Crippen molar-refractivity contribution in [3.8, 4) is 0 Å². The number of allylic oxidation sites excluding steroid dienone is 12. The average molecular weight is 921 g/mol. The lowest BCUT2D eigenvalue weighted by Crippen LogP contribution is -2.30. The zero-order chi connectivity index (χ0) is 47.9. The minimum Gasteiger partial charge on any atom is -0.462 e. The Hall–Kier alpha value is -3.15. The van der Waals surface area contributed by atoms with Crippen molar-refractivity contribution in [3.63, 3.8) is 0 Å². The lowest BCUT2D eigenvalue weighted by atomic mass is 10.1. The third kappa shape index (κ3) is 51.8. The van der Waals surface area contributed by atoms with Crippen LogP contribution in [0.4, 0.5) is 0 Å². The Morgan fingerprint density at radius 3 is 0.924 bits per heavy atom. The fourth-order valence-electron chi connectivity index (χ4n) is 7.65. The molecular formula is C60H104O6. The van der Waals surface area contributed by atoms with Gasteiger partial charge in [-0.25, -0.2) is 0 Å². The predicted molar refractivity (Wildman–Crippen MR) is 284 cm³/mol. The smallest absolute Gasteiger partial charge is 0.306 e. The van der Waals surface area contributed by atoms with Crippen LogP contribution in [0.2, 0.25) is 0 Å². The van der Waals surface area contributed by atoms with Gasteiger partial charge in [0.15, 0.2) is 6.10 Å². The predicted octanol–water partition coefficient (Wildman–Crippen LogP) is 18.6. The van der Waals surface area contributed by atoms with Crippen LogP contribution in [0.1, 0.15) is 271 Å². The van der Waals surface area contributed by atoms with Gasteiger partial charge >= 0.3 is 17.9 Å². The summed E-state index contributed by atoms with van der Waals surface area (Å²) in [5.74, 6) is -0.941. The number of ether oxygens (including phenoxy) is 3. The molecule has 0 N–H and O–H groups in total. The van der Waals surface area contributed by atoms with Gasteiger partial charge in [-0.05, 0) is 116 Å². The summed E-state index contributed by atoms with van der Waals surface area (Å²) in [5.41, 5.74) is 0. The Morgan fingerprint density at radius 1 is 0.303 bits per heavy atom. The SMILES string of the molecule is CCCCC/C=C\C/C=C\C/C=C\CCCCC(=O)O[C@H](COC(=O)CCCCCCC/C=C\CCCCCCC)COC(=O)CCCCCCCCCCC/C=C\C/C=C\CCCCC. The second kappa shape index (κ2) is 54.5. The zero-order valence-electron chi connectivity index (χ0n) is 43.4. The number of esters is 3. The van der Waals surface area contributed by atoms with Gasteiger partial charge in [0.2, 0.25) is 0 Å². The molecule has 1 atom stereocenters. The molecule has 6 heteroatoms. The molecule has 0 aromatic rings. The second-order valence-electron chi connectivity index (χ2n) is 18.5. The summed E-state index contributed by atoms with van der Waals surface area (Å²) in [6, 6.07) is 0. The molecule has 0 rings (SSSR count). The lowest BCUT2D eigenvalue weighted by Gasteiger charge is -2.18. The van der Waals surface area contributed by atoms with E-state index in [2.05, 4.69) is 93.7 Å². The highest BCUT2D eigenvalue weighted by atomic mass is 16.6. The van der Waals surface area contributed by atoms with Crippen LogP contribution in [0.25, 0.3) is 0 Å². The number of rotatable bonds is 50. The summed E-state index contributed by atoms with van der Waals surface area (Å²) in [6.07, 6.45) is 68.8. The molecule has 0 radical (unpaired) electrons. The van der Waals surface area contributed by atoms with Crippen molar-refractivity contribution in [2.45, 2.75) is 277 Å². The lowest BCUT2D eigenvalue weighted by molar-refractivity contribution is -0.167. The first-order valence-corrected chi connectivity index (χ1v) is 27.9. The molecule has 0 aromatic heterocycles. The van der Waals surface area contributed by atoms with E-state index in [4.69, 9.17) is 14.2 Å². The van der Waals surface area contributed by atoms with E-state index in [0.717, 1.165) is 77.0 Å². The maximum atomic E-state index is 12.8. The fourth-order valence-corrected chi connectivity index (χ4v) is 7.65. The highest BCUT2D eigenvalue weighted by Gasteiger charge is 2.19. The van der Waals surface area contributed by atoms with Crippen molar-refractivity contribution in [2.24, 2.45) is 0 Å². The molecule has 0 bridgehead atoms. The van der Waals surface area contributed by atoms with E-state index in [0.29, 0.717) is 19.3 Å². The van der Waals surface area contributed by atoms with Crippen LogP contribution in [-0.2, 0) is 28.6 Å². The number of unbranched alkanes of at least 4 members (excludes halogenated alkanes) is 27. The van der Waals surface area contributed by atoms with E-state index in [-0.39, 0.29) is 37.5 Å². The van der Waals surface area contributed by atoms with E-state index in [1.165, 1.54) is 148 Å². The summed E-state index contributed by atoms with van der Waals surface area (Å²) in [4.78, 5) is 38.1. The van der Waals surface area contributed by atoms with Crippen molar-refractivity contribution in [2.75, 3.05) is 13.2 Å². The third-order valence-corrected chi connectivity index (χ3v) is 11.9. The Balaban J connectivity index is 4.43. The molecule has 66 heavy (non-hydrogen) atoms. The van der Waals surface area contributed by atoms with Crippen molar-refractivity contribution in [1.29, 1.82) is 0 Å². The first-order valence-electron chi connectivity index (χ1n) is 27.9. The molecule has 0 heterocycles. The highest BCUT2D eigenvalue weighted by Crippen LogP contribution is 2.14. The maximum absolute atomic E-state index is 12.8. The molecule has 0 aliphatic rings. The number of hydrogen-bond acceptors (Lipinski definition) is 6. The first-order chi connectivity index (χ1) is 32.5. The molecular weight excluding hydrogens is 817 g/mol. The molecule has 0 spiro atoms. The standard InChI is InChI=1S/C60H104O6/c1-4-7-10-13-16-19-22-25-28-29-30-31-33-35-38-41-44-47-50-53-59(62)65-56-57(55-64-58(61)52-49-46-43-40-37-34-27-24-21-18-15-12-9-6-3)66-60(63)54-51-48-45-42-39-36-32-26-23-20-17-14-11-8-5-2/h16-17,19-20,24-28,32,39,42,57H,4-15,18,21-23,29-31,33-38,40-41,43-56H2,1-3H3/b19-16-,20-17-,27-24-,28-25-,32-26-,42-39-/t57-/m1/s1. The molecule has 0 unspecified atom stereocenters. The van der Waals surface area contributed by atoms with Gasteiger partial charge in [0.05, 0.1) is 0 Å². The van der Waals surface area contributed by atoms with Gasteiger partial charge in [-0.15, -0.1) is 0 Å². The minimum atomic E-state index is -0.800. The Kier molecular flexibility index (Phi) is 51.9. The average Bonchev–Trinajstić information content (AvgIpc) is 3.31. The van der Waals surface area contributed by atoms with Gasteiger partial charge in [-0.2, -0.15) is 0 Å². The van der Waals surface area contributed by atoms with Gasteiger partial charge in [0.1, 0.15) is 13.2 Å². The Labute approximate surface area is 408 Å². The molecule has 0 amide bonds. The number of carbonyl (C=O) groups is 3. The van der Waals surface area contributed by atoms with Crippen molar-refractivity contribution in [3.05, 3.63) is 72.9 Å². The van der Waals surface area contributed by atoms with E-state index >= 15 is 0 Å². The highest BCUT2D eigenvalue weighted by molar-refractivity contribution is 5.71. The molecule has 0 fully saturated rings. The number of hydrogen-bond donors (Lipinski definition) is 0. The molecule has 0 aromatic carbocycles. The van der Waals surface area contributed by atoms with Crippen LogP contribution >= 0.6 is 0 Å². The summed E-state index contributed by atoms with van der Waals surface area (Å²) >= 11 is 0. The minimum absolute atomic E-state index is 0.0952. The summed E-state index contributed by atoms with van der Waals surface area (Å²) in [7, 11) is 0. The second-order valence-corrected chi connectivity index (χ2v) is 18.5. The Bertz CT molecular complexity index is 1240. The van der Waals surface area contributed by atoms with Crippen LogP contribution in [0, 0.1) is 0 Å². The van der Waals surface area contributed by atoms with Gasteiger partial charge in [-0.1, -0.05) is 209 Å². The summed E-state index contributed by atoms with van der Waals surface area (Å²) < 4.78 is 16.8. The quantitative estimate of drug-likeness (QED) is 0.0262. The van der Waals surface area contributed by atoms with Crippen LogP contribution in [-0.4, -0.2) is 37.2 Å². The molecule has 0 aliphatic carbocycles. The molecule has 380 valence electrons. The van der Waals surface area contributed by atoms with E-state index in [9.17, 15) is 14.4 Å². The zero-order valence-corrected chi connectivity index (χ0v) is 43.4. The summed E-state index contributed by atoms with van der Waals surface area (Å²) in [6.45, 7) is 6.54. The van der Waals surface area contributed by atoms with E-state index in [1.807, 2.05) is 0 Å². The van der Waals surface area contributed by atoms with Crippen molar-refractivity contribution < 1.29 is 28.6 Å².